The summed E-state index contributed by atoms with van der Waals surface area (Å²) < 4.78 is 10.6. The molecule has 1 saturated heterocycles. The van der Waals surface area contributed by atoms with Crippen molar-refractivity contribution in [2.75, 3.05) is 19.8 Å². The first kappa shape index (κ1) is 16.5. The van der Waals surface area contributed by atoms with Crippen molar-refractivity contribution in [2.24, 2.45) is 0 Å². The summed E-state index contributed by atoms with van der Waals surface area (Å²) in [5.74, 6) is -1.12. The van der Waals surface area contributed by atoms with Crippen molar-refractivity contribution in [2.45, 2.75) is 31.4 Å². The fraction of sp³-hybridized carbons (Fsp3) is 0.500. The number of hydrogen-bond donors (Lipinski definition) is 2. The predicted octanol–water partition coefficient (Wildman–Crippen LogP) is 0.994. The minimum atomic E-state index is -0.871. The molecule has 6 nitrogen and oxygen atoms in total. The maximum Gasteiger partial charge on any atom is 0.303 e. The summed E-state index contributed by atoms with van der Waals surface area (Å²) in [6.45, 7) is 1.13. The van der Waals surface area contributed by atoms with Gasteiger partial charge in [0.25, 0.3) is 5.91 Å². The summed E-state index contributed by atoms with van der Waals surface area (Å²) >= 11 is 0. The average molecular weight is 307 g/mol. The largest absolute Gasteiger partial charge is 0.481 e. The molecule has 1 aromatic rings. The van der Waals surface area contributed by atoms with Gasteiger partial charge in [0.15, 0.2) is 6.10 Å². The Balaban J connectivity index is 1.93. The van der Waals surface area contributed by atoms with Crippen molar-refractivity contribution in [3.8, 4) is 0 Å². The predicted molar refractivity (Wildman–Crippen MR) is 79.5 cm³/mol. The van der Waals surface area contributed by atoms with Crippen molar-refractivity contribution in [3.63, 3.8) is 0 Å². The first-order chi connectivity index (χ1) is 10.6. The third-order valence-corrected chi connectivity index (χ3v) is 3.49. The van der Waals surface area contributed by atoms with Crippen molar-refractivity contribution < 1.29 is 24.2 Å². The molecule has 0 saturated carbocycles. The van der Waals surface area contributed by atoms with Crippen LogP contribution in [0, 0.1) is 0 Å². The van der Waals surface area contributed by atoms with Crippen LogP contribution in [-0.2, 0) is 25.5 Å². The highest BCUT2D eigenvalue weighted by Gasteiger charge is 2.25. The molecule has 0 aliphatic carbocycles. The van der Waals surface area contributed by atoms with E-state index in [1.54, 1.807) is 0 Å². The van der Waals surface area contributed by atoms with Gasteiger partial charge in [-0.05, 0) is 18.4 Å². The Labute approximate surface area is 129 Å². The number of carbonyl (C=O) groups excluding carboxylic acids is 1. The van der Waals surface area contributed by atoms with Gasteiger partial charge in [0.05, 0.1) is 19.8 Å². The maximum atomic E-state index is 12.2. The van der Waals surface area contributed by atoms with Gasteiger partial charge in [-0.2, -0.15) is 0 Å². The van der Waals surface area contributed by atoms with Crippen LogP contribution in [0.25, 0.3) is 0 Å². The number of aliphatic carboxylic acids is 1. The number of ether oxygens (including phenoxy) is 2. The molecule has 0 bridgehead atoms. The van der Waals surface area contributed by atoms with Crippen molar-refractivity contribution in [3.05, 3.63) is 35.9 Å². The molecular formula is C16H21NO5. The van der Waals surface area contributed by atoms with Gasteiger partial charge in [0, 0.05) is 12.5 Å². The molecule has 1 fully saturated rings. The standard InChI is InChI=1S/C16H21NO5/c18-15(19)7-6-13(10-12-4-2-1-3-5-12)17-16(20)14-11-21-8-9-22-14/h1-5,13-14H,6-11H2,(H,17,20)(H,18,19). The molecule has 1 amide bonds. The van der Waals surface area contributed by atoms with Crippen LogP contribution < -0.4 is 5.32 Å². The smallest absolute Gasteiger partial charge is 0.303 e. The molecule has 0 aromatic heterocycles. The maximum absolute atomic E-state index is 12.2. The SMILES string of the molecule is O=C(O)CCC(Cc1ccccc1)NC(=O)C1COCCO1. The molecule has 0 spiro atoms. The molecule has 2 unspecified atom stereocenters. The van der Waals surface area contributed by atoms with Gasteiger partial charge in [-0.1, -0.05) is 30.3 Å². The minimum absolute atomic E-state index is 0.0137. The van der Waals surface area contributed by atoms with Crippen LogP contribution in [0.2, 0.25) is 0 Å². The van der Waals surface area contributed by atoms with E-state index in [9.17, 15) is 9.59 Å². The molecule has 120 valence electrons. The van der Waals surface area contributed by atoms with E-state index in [0.717, 1.165) is 5.56 Å². The molecule has 1 aromatic carbocycles. The molecule has 2 N–H and O–H groups in total. The van der Waals surface area contributed by atoms with Gasteiger partial charge < -0.3 is 19.9 Å². The van der Waals surface area contributed by atoms with Crippen molar-refractivity contribution in [1.82, 2.24) is 5.32 Å². The van der Waals surface area contributed by atoms with Crippen LogP contribution >= 0.6 is 0 Å². The molecular weight excluding hydrogens is 286 g/mol. The Hall–Kier alpha value is -1.92. The number of hydrogen-bond acceptors (Lipinski definition) is 4. The van der Waals surface area contributed by atoms with Crippen LogP contribution in [0.15, 0.2) is 30.3 Å². The number of rotatable bonds is 7. The Kier molecular flexibility index (Phi) is 6.36. The fourth-order valence-electron chi connectivity index (χ4n) is 2.35. The Morgan fingerprint density at radius 1 is 1.27 bits per heavy atom. The average Bonchev–Trinajstić information content (AvgIpc) is 2.54. The molecule has 6 heteroatoms. The minimum Gasteiger partial charge on any atom is -0.481 e. The highest BCUT2D eigenvalue weighted by molar-refractivity contribution is 5.81. The summed E-state index contributed by atoms with van der Waals surface area (Å²) in [5.41, 5.74) is 1.05. The highest BCUT2D eigenvalue weighted by atomic mass is 16.6. The lowest BCUT2D eigenvalue weighted by molar-refractivity contribution is -0.148. The number of benzene rings is 1. The fourth-order valence-corrected chi connectivity index (χ4v) is 2.35. The van der Waals surface area contributed by atoms with Crippen LogP contribution in [0.5, 0.6) is 0 Å². The Bertz CT molecular complexity index is 485. The first-order valence-electron chi connectivity index (χ1n) is 7.40. The molecule has 2 atom stereocenters. The second-order valence-corrected chi connectivity index (χ2v) is 5.26. The van der Waals surface area contributed by atoms with Crippen LogP contribution in [-0.4, -0.2) is 48.9 Å². The first-order valence-corrected chi connectivity index (χ1v) is 7.40. The molecule has 22 heavy (non-hydrogen) atoms. The lowest BCUT2D eigenvalue weighted by atomic mass is 10.0. The highest BCUT2D eigenvalue weighted by Crippen LogP contribution is 2.09. The normalized spacial score (nSPS) is 19.4. The van der Waals surface area contributed by atoms with E-state index >= 15 is 0 Å². The van der Waals surface area contributed by atoms with E-state index in [1.165, 1.54) is 0 Å². The summed E-state index contributed by atoms with van der Waals surface area (Å²) in [5, 5.41) is 11.7. The zero-order chi connectivity index (χ0) is 15.8. The van der Waals surface area contributed by atoms with E-state index < -0.39 is 12.1 Å². The summed E-state index contributed by atoms with van der Waals surface area (Å²) in [6.07, 6.45) is 0.369. The van der Waals surface area contributed by atoms with Crippen molar-refractivity contribution >= 4 is 11.9 Å². The van der Waals surface area contributed by atoms with E-state index in [2.05, 4.69) is 5.32 Å². The Morgan fingerprint density at radius 2 is 2.05 bits per heavy atom. The Morgan fingerprint density at radius 3 is 2.68 bits per heavy atom. The second kappa shape index (κ2) is 8.51. The van der Waals surface area contributed by atoms with Gasteiger partial charge in [0.1, 0.15) is 0 Å². The molecule has 0 radical (unpaired) electrons. The van der Waals surface area contributed by atoms with Crippen LogP contribution in [0.3, 0.4) is 0 Å². The summed E-state index contributed by atoms with van der Waals surface area (Å²) in [4.78, 5) is 23.0. The second-order valence-electron chi connectivity index (χ2n) is 5.26. The van der Waals surface area contributed by atoms with Crippen LogP contribution in [0.1, 0.15) is 18.4 Å². The van der Waals surface area contributed by atoms with Gasteiger partial charge in [0.2, 0.25) is 0 Å². The zero-order valence-electron chi connectivity index (χ0n) is 12.4. The van der Waals surface area contributed by atoms with Gasteiger partial charge in [-0.3, -0.25) is 9.59 Å². The lowest BCUT2D eigenvalue weighted by Gasteiger charge is -2.25. The van der Waals surface area contributed by atoms with E-state index in [0.29, 0.717) is 26.1 Å². The number of carbonyl (C=O) groups is 2. The number of carboxylic acid groups (broad SMARTS) is 1. The quantitative estimate of drug-likeness (QED) is 0.785. The van der Waals surface area contributed by atoms with Gasteiger partial charge in [-0.15, -0.1) is 0 Å². The van der Waals surface area contributed by atoms with E-state index in [1.807, 2.05) is 30.3 Å². The third-order valence-electron chi connectivity index (χ3n) is 3.49. The van der Waals surface area contributed by atoms with E-state index in [4.69, 9.17) is 14.6 Å². The molecule has 1 heterocycles. The van der Waals surface area contributed by atoms with Gasteiger partial charge >= 0.3 is 5.97 Å². The van der Waals surface area contributed by atoms with Crippen LogP contribution in [0.4, 0.5) is 0 Å². The van der Waals surface area contributed by atoms with Gasteiger partial charge in [-0.25, -0.2) is 0 Å². The van der Waals surface area contributed by atoms with E-state index in [-0.39, 0.29) is 25.0 Å². The topological polar surface area (TPSA) is 84.9 Å². The zero-order valence-corrected chi connectivity index (χ0v) is 12.4. The number of amides is 1. The van der Waals surface area contributed by atoms with Crippen molar-refractivity contribution in [1.29, 1.82) is 0 Å². The lowest BCUT2D eigenvalue weighted by Crippen LogP contribution is -2.47. The third kappa shape index (κ3) is 5.46. The molecule has 1 aliphatic rings. The number of nitrogens with one attached hydrogen (secondary N) is 1. The monoisotopic (exact) mass is 307 g/mol. The summed E-state index contributed by atoms with van der Waals surface area (Å²) in [6, 6.07) is 9.44. The molecule has 1 aliphatic heterocycles. The number of carboxylic acids is 1. The molecule has 2 rings (SSSR count). The summed E-state index contributed by atoms with van der Waals surface area (Å²) in [7, 11) is 0.